The maximum absolute atomic E-state index is 11.1. The lowest BCUT2D eigenvalue weighted by Gasteiger charge is -2.00. The molecule has 82 valence electrons. The minimum absolute atomic E-state index is 0.0220. The van der Waals surface area contributed by atoms with Gasteiger partial charge in [-0.05, 0) is 31.0 Å². The van der Waals surface area contributed by atoms with Gasteiger partial charge in [0.2, 0.25) is 0 Å². The van der Waals surface area contributed by atoms with E-state index in [1.165, 1.54) is 6.92 Å². The van der Waals surface area contributed by atoms with Crippen molar-refractivity contribution < 1.29 is 4.79 Å². The fourth-order valence-electron chi connectivity index (χ4n) is 1.40. The first-order chi connectivity index (χ1) is 7.70. The van der Waals surface area contributed by atoms with Crippen LogP contribution in [0.15, 0.2) is 30.7 Å². The zero-order valence-corrected chi connectivity index (χ0v) is 9.34. The quantitative estimate of drug-likeness (QED) is 0.736. The summed E-state index contributed by atoms with van der Waals surface area (Å²) in [5.74, 6) is 0.749. The second kappa shape index (κ2) is 4.26. The van der Waals surface area contributed by atoms with Crippen LogP contribution in [0.25, 0.3) is 5.82 Å². The molecule has 0 aliphatic rings. The molecule has 4 heteroatoms. The molecular formula is C12H13N3O. The van der Waals surface area contributed by atoms with E-state index < -0.39 is 0 Å². The Bertz CT molecular complexity index is 499. The largest absolute Gasteiger partial charge is 0.294 e. The summed E-state index contributed by atoms with van der Waals surface area (Å²) in [5, 5.41) is 4.20. The topological polar surface area (TPSA) is 47.8 Å². The first-order valence-corrected chi connectivity index (χ1v) is 5.21. The van der Waals surface area contributed by atoms with Crippen LogP contribution >= 0.6 is 0 Å². The van der Waals surface area contributed by atoms with E-state index in [-0.39, 0.29) is 5.78 Å². The number of aromatic nitrogens is 3. The van der Waals surface area contributed by atoms with Crippen LogP contribution in [0.2, 0.25) is 0 Å². The van der Waals surface area contributed by atoms with Crippen LogP contribution in [0, 0.1) is 0 Å². The zero-order valence-electron chi connectivity index (χ0n) is 9.34. The molecule has 2 aromatic heterocycles. The molecule has 4 nitrogen and oxygen atoms in total. The molecular weight excluding hydrogens is 202 g/mol. The van der Waals surface area contributed by atoms with E-state index in [1.807, 2.05) is 12.4 Å². The first kappa shape index (κ1) is 10.5. The minimum atomic E-state index is 0.0220. The van der Waals surface area contributed by atoms with Gasteiger partial charge in [0.25, 0.3) is 0 Å². The molecule has 0 aliphatic carbocycles. The molecule has 16 heavy (non-hydrogen) atoms. The van der Waals surface area contributed by atoms with Crippen LogP contribution in [0.3, 0.4) is 0 Å². The molecule has 0 N–H and O–H groups in total. The van der Waals surface area contributed by atoms with Gasteiger partial charge in [-0.25, -0.2) is 9.67 Å². The van der Waals surface area contributed by atoms with E-state index in [4.69, 9.17) is 0 Å². The molecule has 2 rings (SSSR count). The molecule has 2 aromatic rings. The molecule has 0 fully saturated rings. The minimum Gasteiger partial charge on any atom is -0.294 e. The lowest BCUT2D eigenvalue weighted by atomic mass is 10.2. The average Bonchev–Trinajstić information content (AvgIpc) is 2.77. The number of hydrogen-bond donors (Lipinski definition) is 0. The van der Waals surface area contributed by atoms with E-state index >= 15 is 0 Å². The van der Waals surface area contributed by atoms with Gasteiger partial charge in [-0.2, -0.15) is 5.10 Å². The standard InChI is InChI=1S/C12H13N3O/c1-3-10-6-14-15(8-10)12-5-4-11(7-13-12)9(2)16/h4-8H,3H2,1-2H3. The van der Waals surface area contributed by atoms with Gasteiger partial charge in [-0.1, -0.05) is 6.92 Å². The summed E-state index contributed by atoms with van der Waals surface area (Å²) in [4.78, 5) is 15.3. The van der Waals surface area contributed by atoms with Gasteiger partial charge in [-0.15, -0.1) is 0 Å². The van der Waals surface area contributed by atoms with Crippen molar-refractivity contribution in [2.24, 2.45) is 0 Å². The van der Waals surface area contributed by atoms with Crippen molar-refractivity contribution >= 4 is 5.78 Å². The Kier molecular flexibility index (Phi) is 2.81. The first-order valence-electron chi connectivity index (χ1n) is 5.21. The van der Waals surface area contributed by atoms with Crippen molar-refractivity contribution in [3.63, 3.8) is 0 Å². The Hall–Kier alpha value is -1.97. The SMILES string of the molecule is CCc1cnn(-c2ccc(C(C)=O)cn2)c1. The predicted molar refractivity (Wildman–Crippen MR) is 60.7 cm³/mol. The summed E-state index contributed by atoms with van der Waals surface area (Å²) >= 11 is 0. The summed E-state index contributed by atoms with van der Waals surface area (Å²) in [7, 11) is 0. The monoisotopic (exact) mass is 215 g/mol. The molecule has 0 atom stereocenters. The van der Waals surface area contributed by atoms with Crippen LogP contribution in [0.5, 0.6) is 0 Å². The Labute approximate surface area is 93.9 Å². The van der Waals surface area contributed by atoms with Gasteiger partial charge in [0, 0.05) is 18.0 Å². The highest BCUT2D eigenvalue weighted by Gasteiger charge is 2.03. The average molecular weight is 215 g/mol. The smallest absolute Gasteiger partial charge is 0.161 e. The lowest BCUT2D eigenvalue weighted by Crippen LogP contribution is -2.00. The van der Waals surface area contributed by atoms with Gasteiger partial charge in [0.05, 0.1) is 6.20 Å². The van der Waals surface area contributed by atoms with Gasteiger partial charge >= 0.3 is 0 Å². The van der Waals surface area contributed by atoms with Crippen LogP contribution in [-0.2, 0) is 6.42 Å². The third-order valence-electron chi connectivity index (χ3n) is 2.43. The second-order valence-corrected chi connectivity index (χ2v) is 3.61. The summed E-state index contributed by atoms with van der Waals surface area (Å²) in [6, 6.07) is 3.56. The molecule has 0 spiro atoms. The van der Waals surface area contributed by atoms with Crippen LogP contribution in [0.4, 0.5) is 0 Å². The number of carbonyl (C=O) groups excluding carboxylic acids is 1. The van der Waals surface area contributed by atoms with Crippen LogP contribution < -0.4 is 0 Å². The zero-order chi connectivity index (χ0) is 11.5. The summed E-state index contributed by atoms with van der Waals surface area (Å²) in [5.41, 5.74) is 1.78. The van der Waals surface area contributed by atoms with Gasteiger partial charge in [0.1, 0.15) is 0 Å². The molecule has 2 heterocycles. The number of pyridine rings is 1. The van der Waals surface area contributed by atoms with E-state index in [0.717, 1.165) is 17.8 Å². The maximum Gasteiger partial charge on any atom is 0.161 e. The van der Waals surface area contributed by atoms with E-state index in [9.17, 15) is 4.79 Å². The number of Topliss-reactive ketones (excluding diaryl/α,β-unsaturated/α-hetero) is 1. The number of hydrogen-bond acceptors (Lipinski definition) is 3. The number of nitrogens with zero attached hydrogens (tertiary/aromatic N) is 3. The molecule has 0 aliphatic heterocycles. The highest BCUT2D eigenvalue weighted by molar-refractivity contribution is 5.93. The van der Waals surface area contributed by atoms with Gasteiger partial charge in [-0.3, -0.25) is 4.79 Å². The number of ketones is 1. The normalized spacial score (nSPS) is 10.4. The lowest BCUT2D eigenvalue weighted by molar-refractivity contribution is 0.101. The molecule has 0 aromatic carbocycles. The van der Waals surface area contributed by atoms with Gasteiger partial charge < -0.3 is 0 Å². The van der Waals surface area contributed by atoms with Crippen molar-refractivity contribution in [1.29, 1.82) is 0 Å². The molecule has 0 bridgehead atoms. The second-order valence-electron chi connectivity index (χ2n) is 3.61. The van der Waals surface area contributed by atoms with Crippen LogP contribution in [-0.4, -0.2) is 20.5 Å². The Morgan fingerprint density at radius 2 is 2.19 bits per heavy atom. The summed E-state index contributed by atoms with van der Waals surface area (Å²) < 4.78 is 1.71. The molecule has 0 saturated carbocycles. The number of aryl methyl sites for hydroxylation is 1. The van der Waals surface area contributed by atoms with Crippen molar-refractivity contribution in [3.8, 4) is 5.82 Å². The Morgan fingerprint density at radius 3 is 2.69 bits per heavy atom. The fraction of sp³-hybridized carbons (Fsp3) is 0.250. The van der Waals surface area contributed by atoms with E-state index in [0.29, 0.717) is 5.56 Å². The van der Waals surface area contributed by atoms with E-state index in [1.54, 1.807) is 23.0 Å². The predicted octanol–water partition coefficient (Wildman–Crippen LogP) is 2.03. The van der Waals surface area contributed by atoms with Crippen molar-refractivity contribution in [2.45, 2.75) is 20.3 Å². The highest BCUT2D eigenvalue weighted by Crippen LogP contribution is 2.07. The maximum atomic E-state index is 11.1. The molecule has 0 radical (unpaired) electrons. The Morgan fingerprint density at radius 1 is 1.38 bits per heavy atom. The third-order valence-corrected chi connectivity index (χ3v) is 2.43. The van der Waals surface area contributed by atoms with Crippen molar-refractivity contribution in [3.05, 3.63) is 41.9 Å². The van der Waals surface area contributed by atoms with Crippen LogP contribution in [0.1, 0.15) is 29.8 Å². The van der Waals surface area contributed by atoms with Gasteiger partial charge in [0.15, 0.2) is 11.6 Å². The summed E-state index contributed by atoms with van der Waals surface area (Å²) in [6.07, 6.45) is 6.28. The molecule has 0 amide bonds. The molecule has 0 unspecified atom stereocenters. The van der Waals surface area contributed by atoms with E-state index in [2.05, 4.69) is 17.0 Å². The fourth-order valence-corrected chi connectivity index (χ4v) is 1.40. The third kappa shape index (κ3) is 2.00. The van der Waals surface area contributed by atoms with Crippen molar-refractivity contribution in [1.82, 2.24) is 14.8 Å². The molecule has 0 saturated heterocycles. The highest BCUT2D eigenvalue weighted by atomic mass is 16.1. The number of rotatable bonds is 3. The van der Waals surface area contributed by atoms with Crippen molar-refractivity contribution in [2.75, 3.05) is 0 Å². The number of carbonyl (C=O) groups is 1. The Balaban J connectivity index is 2.30. The summed E-state index contributed by atoms with van der Waals surface area (Å²) in [6.45, 7) is 3.60.